The van der Waals surface area contributed by atoms with E-state index in [4.69, 9.17) is 29.0 Å². The second-order valence-electron chi connectivity index (χ2n) is 12.2. The Bertz CT molecular complexity index is 1160. The number of anilines is 1. The quantitative estimate of drug-likeness (QED) is 0.0373. The van der Waals surface area contributed by atoms with Crippen LogP contribution < -0.4 is 5.73 Å². The SMILES string of the molecule is CCCCCCCCCCCCCCCCSCCCO[P@](=O)(CO[C@H](C)Cn1cnc2c(N)ncnc21)OCOC(=O)OC(C)C. The molecule has 2 N–H and O–H groups in total. The number of thioether (sulfide) groups is 1. The van der Waals surface area contributed by atoms with Gasteiger partial charge in [0, 0.05) is 0 Å². The predicted molar refractivity (Wildman–Crippen MR) is 190 cm³/mol. The highest BCUT2D eigenvalue weighted by Crippen LogP contribution is 2.48. The fourth-order valence-electron chi connectivity index (χ4n) is 4.94. The lowest BCUT2D eigenvalue weighted by Gasteiger charge is -2.21. The van der Waals surface area contributed by atoms with Crippen LogP contribution in [0.2, 0.25) is 0 Å². The smallest absolute Gasteiger partial charge is 0.432 e. The van der Waals surface area contributed by atoms with E-state index in [1.165, 1.54) is 96.2 Å². The van der Waals surface area contributed by atoms with Gasteiger partial charge in [-0.15, -0.1) is 0 Å². The number of unbranched alkanes of at least 4 members (excludes halogenated alkanes) is 13. The Hall–Kier alpha value is -1.92. The lowest BCUT2D eigenvalue weighted by molar-refractivity contribution is -0.0180. The number of carbonyl (C=O) groups is 1. The minimum Gasteiger partial charge on any atom is -0.432 e. The molecule has 2 aromatic heterocycles. The van der Waals surface area contributed by atoms with Crippen LogP contribution in [0.25, 0.3) is 11.2 Å². The van der Waals surface area contributed by atoms with Gasteiger partial charge in [0.25, 0.3) is 0 Å². The molecule has 0 saturated carbocycles. The number of aromatic nitrogens is 4. The summed E-state index contributed by atoms with van der Waals surface area (Å²) in [5.41, 5.74) is 6.96. The Kier molecular flexibility index (Phi) is 22.0. The summed E-state index contributed by atoms with van der Waals surface area (Å²) < 4.78 is 42.1. The molecule has 12 nitrogen and oxygen atoms in total. The molecule has 14 heteroatoms. The van der Waals surface area contributed by atoms with Gasteiger partial charge in [0.15, 0.2) is 11.5 Å². The molecule has 0 aliphatic rings. The summed E-state index contributed by atoms with van der Waals surface area (Å²) in [6, 6.07) is 0. The third kappa shape index (κ3) is 19.0. The minimum atomic E-state index is -3.74. The van der Waals surface area contributed by atoms with Gasteiger partial charge in [0.2, 0.25) is 6.79 Å². The summed E-state index contributed by atoms with van der Waals surface area (Å²) in [4.78, 5) is 24.2. The number of ether oxygens (including phenoxy) is 3. The maximum Gasteiger partial charge on any atom is 0.510 e. The van der Waals surface area contributed by atoms with E-state index < -0.39 is 26.6 Å². The van der Waals surface area contributed by atoms with Crippen molar-refractivity contribution in [3.8, 4) is 0 Å². The van der Waals surface area contributed by atoms with Crippen molar-refractivity contribution >= 4 is 42.5 Å². The normalized spacial score (nSPS) is 13.6. The van der Waals surface area contributed by atoms with Crippen LogP contribution in [-0.2, 0) is 34.4 Å². The van der Waals surface area contributed by atoms with E-state index in [1.807, 2.05) is 18.7 Å². The molecule has 2 atom stereocenters. The monoisotopic (exact) mass is 701 g/mol. The molecule has 0 bridgehead atoms. The van der Waals surface area contributed by atoms with Gasteiger partial charge in [0.1, 0.15) is 18.2 Å². The van der Waals surface area contributed by atoms with Crippen molar-refractivity contribution in [2.75, 3.05) is 37.0 Å². The largest absolute Gasteiger partial charge is 0.510 e. The summed E-state index contributed by atoms with van der Waals surface area (Å²) in [6.45, 7) is 7.54. The fraction of sp³-hybridized carbons (Fsp3) is 0.818. The maximum absolute atomic E-state index is 13.5. The van der Waals surface area contributed by atoms with E-state index in [1.54, 1.807) is 24.7 Å². The van der Waals surface area contributed by atoms with Crippen molar-refractivity contribution in [2.45, 2.75) is 143 Å². The standard InChI is InChI=1S/C33H60N5O7PS/c1-5-6-7-8-9-10-11-12-13-14-15-16-17-18-21-47-22-19-20-43-46(40,44-26-41-33(39)45-28(2)3)27-42-29(4)23-38-25-37-30-31(34)35-24-36-32(30)38/h24-25,28-29H,5-23,26-27H2,1-4H3,(H2,34,35,36)/t29-,46-/m1/s1. The minimum absolute atomic E-state index is 0.236. The molecule has 0 amide bonds. The number of imidazole rings is 1. The van der Waals surface area contributed by atoms with E-state index in [0.29, 0.717) is 29.9 Å². The molecule has 47 heavy (non-hydrogen) atoms. The number of hydrogen-bond acceptors (Lipinski definition) is 12. The van der Waals surface area contributed by atoms with Crippen molar-refractivity contribution in [1.82, 2.24) is 19.5 Å². The van der Waals surface area contributed by atoms with Crippen LogP contribution in [0.5, 0.6) is 0 Å². The Morgan fingerprint density at radius 3 is 2.13 bits per heavy atom. The molecule has 0 radical (unpaired) electrons. The lowest BCUT2D eigenvalue weighted by Crippen LogP contribution is -2.19. The topological polar surface area (TPSA) is 150 Å². The number of carbonyl (C=O) groups excluding carboxylic acids is 1. The Labute approximate surface area is 286 Å². The molecule has 2 aromatic rings. The molecular weight excluding hydrogens is 641 g/mol. The van der Waals surface area contributed by atoms with Crippen LogP contribution in [0, 0.1) is 0 Å². The first kappa shape index (κ1) is 41.3. The van der Waals surface area contributed by atoms with Crippen molar-refractivity contribution < 1.29 is 32.6 Å². The average molecular weight is 702 g/mol. The average Bonchev–Trinajstić information content (AvgIpc) is 3.44. The first-order chi connectivity index (χ1) is 22.7. The zero-order chi connectivity index (χ0) is 34.2. The summed E-state index contributed by atoms with van der Waals surface area (Å²) in [7, 11) is -3.74. The molecule has 0 aliphatic carbocycles. The van der Waals surface area contributed by atoms with E-state index in [9.17, 15) is 9.36 Å². The second-order valence-corrected chi connectivity index (χ2v) is 15.5. The van der Waals surface area contributed by atoms with Gasteiger partial charge in [-0.3, -0.25) is 9.09 Å². The van der Waals surface area contributed by atoms with Crippen molar-refractivity contribution in [2.24, 2.45) is 0 Å². The number of fused-ring (bicyclic) bond motifs is 1. The molecule has 0 saturated heterocycles. The predicted octanol–water partition coefficient (Wildman–Crippen LogP) is 9.12. The Morgan fingerprint density at radius 2 is 1.49 bits per heavy atom. The number of rotatable bonds is 29. The summed E-state index contributed by atoms with van der Waals surface area (Å²) in [6.07, 6.45) is 20.7. The fourth-order valence-corrected chi connectivity index (χ4v) is 7.15. The highest BCUT2D eigenvalue weighted by atomic mass is 32.2. The van der Waals surface area contributed by atoms with Gasteiger partial charge in [-0.05, 0) is 45.1 Å². The molecule has 0 unspecified atom stereocenters. The van der Waals surface area contributed by atoms with E-state index in [-0.39, 0.29) is 19.1 Å². The van der Waals surface area contributed by atoms with Crippen molar-refractivity contribution in [1.29, 1.82) is 0 Å². The maximum atomic E-state index is 13.5. The number of nitrogens with two attached hydrogens (primary N) is 1. The number of nitrogens with zero attached hydrogens (tertiary/aromatic N) is 4. The van der Waals surface area contributed by atoms with Crippen LogP contribution in [-0.4, -0.2) is 69.1 Å². The van der Waals surface area contributed by atoms with Crippen molar-refractivity contribution in [3.63, 3.8) is 0 Å². The van der Waals surface area contributed by atoms with Gasteiger partial charge in [-0.2, -0.15) is 11.8 Å². The summed E-state index contributed by atoms with van der Waals surface area (Å²) in [5, 5.41) is 0. The Morgan fingerprint density at radius 1 is 0.872 bits per heavy atom. The third-order valence-electron chi connectivity index (χ3n) is 7.52. The van der Waals surface area contributed by atoms with Crippen LogP contribution in [0.15, 0.2) is 12.7 Å². The van der Waals surface area contributed by atoms with Gasteiger partial charge in [-0.1, -0.05) is 90.4 Å². The van der Waals surface area contributed by atoms with E-state index in [0.717, 1.165) is 11.5 Å². The zero-order valence-electron chi connectivity index (χ0n) is 29.2. The van der Waals surface area contributed by atoms with Gasteiger partial charge < -0.3 is 29.0 Å². The Balaban J connectivity index is 1.61. The summed E-state index contributed by atoms with van der Waals surface area (Å²) in [5.74, 6) is 2.30. The van der Waals surface area contributed by atoms with Gasteiger partial charge in [0.05, 0.1) is 31.7 Å². The van der Waals surface area contributed by atoms with Crippen molar-refractivity contribution in [3.05, 3.63) is 12.7 Å². The van der Waals surface area contributed by atoms with Gasteiger partial charge >= 0.3 is 13.8 Å². The van der Waals surface area contributed by atoms with Crippen LogP contribution in [0.3, 0.4) is 0 Å². The van der Waals surface area contributed by atoms with Crippen LogP contribution >= 0.6 is 19.4 Å². The van der Waals surface area contributed by atoms with Crippen LogP contribution in [0.4, 0.5) is 10.6 Å². The van der Waals surface area contributed by atoms with E-state index >= 15 is 0 Å². The molecule has 270 valence electrons. The molecule has 2 rings (SSSR count). The number of nitrogen functional groups attached to an aromatic ring is 1. The first-order valence-electron chi connectivity index (χ1n) is 17.6. The lowest BCUT2D eigenvalue weighted by atomic mass is 10.0. The third-order valence-corrected chi connectivity index (χ3v) is 10.2. The van der Waals surface area contributed by atoms with E-state index in [2.05, 4.69) is 21.9 Å². The number of hydrogen-bond donors (Lipinski definition) is 1. The first-order valence-corrected chi connectivity index (χ1v) is 20.4. The molecular formula is C33H60N5O7PS. The van der Waals surface area contributed by atoms with Crippen LogP contribution in [0.1, 0.15) is 124 Å². The molecule has 0 aliphatic heterocycles. The molecule has 0 aromatic carbocycles. The van der Waals surface area contributed by atoms with Gasteiger partial charge in [-0.25, -0.2) is 19.7 Å². The zero-order valence-corrected chi connectivity index (χ0v) is 30.9. The molecule has 0 fully saturated rings. The molecule has 2 heterocycles. The molecule has 0 spiro atoms. The summed E-state index contributed by atoms with van der Waals surface area (Å²) >= 11 is 1.88. The second kappa shape index (κ2) is 25.1. The highest BCUT2D eigenvalue weighted by molar-refractivity contribution is 7.99. The highest BCUT2D eigenvalue weighted by Gasteiger charge is 2.28.